The van der Waals surface area contributed by atoms with Crippen molar-refractivity contribution in [2.24, 2.45) is 0 Å². The summed E-state index contributed by atoms with van der Waals surface area (Å²) in [6, 6.07) is 12.9. The zero-order valence-corrected chi connectivity index (χ0v) is 14.9. The monoisotopic (exact) mass is 361 g/mol. The molecule has 0 aliphatic heterocycles. The van der Waals surface area contributed by atoms with Crippen molar-refractivity contribution in [1.82, 2.24) is 5.32 Å². The summed E-state index contributed by atoms with van der Waals surface area (Å²) in [6.07, 6.45) is 0. The predicted octanol–water partition coefficient (Wildman–Crippen LogP) is 3.20. The van der Waals surface area contributed by atoms with E-state index in [1.807, 2.05) is 50.2 Å². The van der Waals surface area contributed by atoms with Gasteiger partial charge in [-0.1, -0.05) is 41.9 Å². The zero-order valence-electron chi connectivity index (χ0n) is 14.2. The summed E-state index contributed by atoms with van der Waals surface area (Å²) in [5.41, 5.74) is 2.76. The Morgan fingerprint density at radius 3 is 2.60 bits per heavy atom. The Morgan fingerprint density at radius 2 is 1.84 bits per heavy atom. The van der Waals surface area contributed by atoms with Crippen LogP contribution < -0.4 is 10.1 Å². The minimum atomic E-state index is -0.603. The molecule has 0 aromatic heterocycles. The highest BCUT2D eigenvalue weighted by atomic mass is 35.5. The van der Waals surface area contributed by atoms with Crippen LogP contribution in [0.15, 0.2) is 42.5 Å². The Labute approximate surface area is 151 Å². The Morgan fingerprint density at radius 1 is 1.08 bits per heavy atom. The summed E-state index contributed by atoms with van der Waals surface area (Å²) in [5, 5.41) is 3.22. The Hall–Kier alpha value is -2.53. The minimum absolute atomic E-state index is 0.248. The van der Waals surface area contributed by atoms with E-state index in [1.165, 1.54) is 0 Å². The number of nitrogens with one attached hydrogen (secondary N) is 1. The lowest BCUT2D eigenvalue weighted by Crippen LogP contribution is -2.29. The van der Waals surface area contributed by atoms with Crippen LogP contribution in [0, 0.1) is 13.8 Å². The first kappa shape index (κ1) is 18.8. The van der Waals surface area contributed by atoms with Crippen LogP contribution in [0.25, 0.3) is 0 Å². The van der Waals surface area contributed by atoms with E-state index in [-0.39, 0.29) is 19.8 Å². The molecule has 25 heavy (non-hydrogen) atoms. The van der Waals surface area contributed by atoms with Crippen LogP contribution in [0.4, 0.5) is 0 Å². The van der Waals surface area contributed by atoms with Crippen LogP contribution in [0.1, 0.15) is 16.7 Å². The molecule has 1 N–H and O–H groups in total. The summed E-state index contributed by atoms with van der Waals surface area (Å²) in [7, 11) is 0. The highest BCUT2D eigenvalue weighted by Gasteiger charge is 2.10. The van der Waals surface area contributed by atoms with Gasteiger partial charge in [0.15, 0.2) is 13.2 Å². The third-order valence-electron chi connectivity index (χ3n) is 3.49. The molecule has 0 fully saturated rings. The molecular formula is C19H20ClNO4. The molecule has 0 radical (unpaired) electrons. The molecule has 6 heteroatoms. The third kappa shape index (κ3) is 6.12. The number of benzene rings is 2. The average molecular weight is 362 g/mol. The molecule has 2 aromatic carbocycles. The number of esters is 1. The SMILES string of the molecule is Cc1ccc(C)c(OCC(=O)OCC(=O)NCc2ccccc2Cl)c1. The summed E-state index contributed by atoms with van der Waals surface area (Å²) >= 11 is 6.01. The molecule has 0 unspecified atom stereocenters. The summed E-state index contributed by atoms with van der Waals surface area (Å²) in [6.45, 7) is 3.49. The van der Waals surface area contributed by atoms with E-state index in [2.05, 4.69) is 5.32 Å². The fourth-order valence-electron chi connectivity index (χ4n) is 2.07. The second-order valence-corrected chi connectivity index (χ2v) is 5.99. The van der Waals surface area contributed by atoms with Gasteiger partial charge in [-0.2, -0.15) is 0 Å². The number of aryl methyl sites for hydroxylation is 2. The van der Waals surface area contributed by atoms with Crippen molar-refractivity contribution < 1.29 is 19.1 Å². The standard InChI is InChI=1S/C19H20ClNO4/c1-13-7-8-14(2)17(9-13)24-12-19(23)25-11-18(22)21-10-15-5-3-4-6-16(15)20/h3-9H,10-12H2,1-2H3,(H,21,22). The molecule has 0 heterocycles. The fraction of sp³-hybridized carbons (Fsp3) is 0.263. The highest BCUT2D eigenvalue weighted by Crippen LogP contribution is 2.19. The maximum absolute atomic E-state index is 11.7. The van der Waals surface area contributed by atoms with Gasteiger partial charge in [0, 0.05) is 11.6 Å². The van der Waals surface area contributed by atoms with E-state index >= 15 is 0 Å². The van der Waals surface area contributed by atoms with Crippen LogP contribution in [0.2, 0.25) is 5.02 Å². The van der Waals surface area contributed by atoms with E-state index < -0.39 is 11.9 Å². The first-order chi connectivity index (χ1) is 12.0. The van der Waals surface area contributed by atoms with E-state index in [4.69, 9.17) is 21.1 Å². The van der Waals surface area contributed by atoms with E-state index in [0.29, 0.717) is 10.8 Å². The maximum atomic E-state index is 11.7. The lowest BCUT2D eigenvalue weighted by atomic mass is 10.1. The molecule has 0 saturated carbocycles. The lowest BCUT2D eigenvalue weighted by molar-refractivity contribution is -0.150. The van der Waals surface area contributed by atoms with Crippen molar-refractivity contribution >= 4 is 23.5 Å². The third-order valence-corrected chi connectivity index (χ3v) is 3.86. The Bertz CT molecular complexity index is 761. The second-order valence-electron chi connectivity index (χ2n) is 5.59. The number of halogens is 1. The largest absolute Gasteiger partial charge is 0.482 e. The van der Waals surface area contributed by atoms with Gasteiger partial charge in [-0.25, -0.2) is 4.79 Å². The quantitative estimate of drug-likeness (QED) is 0.769. The molecule has 0 saturated heterocycles. The molecular weight excluding hydrogens is 342 g/mol. The summed E-state index contributed by atoms with van der Waals surface area (Å²) in [4.78, 5) is 23.4. The van der Waals surface area contributed by atoms with Crippen molar-refractivity contribution in [3.63, 3.8) is 0 Å². The van der Waals surface area contributed by atoms with Gasteiger partial charge in [0.05, 0.1) is 0 Å². The van der Waals surface area contributed by atoms with Crippen LogP contribution in [0.3, 0.4) is 0 Å². The number of ether oxygens (including phenoxy) is 2. The topological polar surface area (TPSA) is 64.6 Å². The van der Waals surface area contributed by atoms with Gasteiger partial charge in [-0.15, -0.1) is 0 Å². The molecule has 0 aliphatic carbocycles. The summed E-state index contributed by atoms with van der Waals surface area (Å²) in [5.74, 6) is -0.381. The number of amides is 1. The molecule has 0 atom stereocenters. The first-order valence-electron chi connectivity index (χ1n) is 7.81. The second kappa shape index (κ2) is 9.08. The van der Waals surface area contributed by atoms with E-state index in [9.17, 15) is 9.59 Å². The van der Waals surface area contributed by atoms with Crippen LogP contribution in [-0.2, 0) is 20.9 Å². The zero-order chi connectivity index (χ0) is 18.2. The average Bonchev–Trinajstić information content (AvgIpc) is 2.60. The van der Waals surface area contributed by atoms with Crippen molar-refractivity contribution in [2.45, 2.75) is 20.4 Å². The molecule has 2 rings (SSSR count). The smallest absolute Gasteiger partial charge is 0.344 e. The fourth-order valence-corrected chi connectivity index (χ4v) is 2.28. The number of carbonyl (C=O) groups excluding carboxylic acids is 2. The summed E-state index contributed by atoms with van der Waals surface area (Å²) < 4.78 is 10.3. The number of rotatable bonds is 7. The van der Waals surface area contributed by atoms with Crippen molar-refractivity contribution in [3.05, 3.63) is 64.2 Å². The van der Waals surface area contributed by atoms with Gasteiger partial charge in [-0.3, -0.25) is 4.79 Å². The van der Waals surface area contributed by atoms with Crippen molar-refractivity contribution in [3.8, 4) is 5.75 Å². The van der Waals surface area contributed by atoms with Gasteiger partial charge in [0.25, 0.3) is 5.91 Å². The molecule has 2 aromatic rings. The van der Waals surface area contributed by atoms with Crippen LogP contribution >= 0.6 is 11.6 Å². The highest BCUT2D eigenvalue weighted by molar-refractivity contribution is 6.31. The normalized spacial score (nSPS) is 10.2. The predicted molar refractivity (Wildman–Crippen MR) is 95.7 cm³/mol. The number of hydrogen-bond acceptors (Lipinski definition) is 4. The van der Waals surface area contributed by atoms with Crippen LogP contribution in [0.5, 0.6) is 5.75 Å². The molecule has 5 nitrogen and oxygen atoms in total. The molecule has 0 bridgehead atoms. The Kier molecular flexibility index (Phi) is 6.83. The van der Waals surface area contributed by atoms with E-state index in [0.717, 1.165) is 16.7 Å². The van der Waals surface area contributed by atoms with Gasteiger partial charge in [0.2, 0.25) is 0 Å². The number of carbonyl (C=O) groups is 2. The van der Waals surface area contributed by atoms with Crippen molar-refractivity contribution in [2.75, 3.05) is 13.2 Å². The lowest BCUT2D eigenvalue weighted by Gasteiger charge is -2.10. The van der Waals surface area contributed by atoms with Gasteiger partial charge < -0.3 is 14.8 Å². The molecule has 0 aliphatic rings. The van der Waals surface area contributed by atoms with Gasteiger partial charge in [-0.05, 0) is 42.7 Å². The van der Waals surface area contributed by atoms with Crippen molar-refractivity contribution in [1.29, 1.82) is 0 Å². The Balaban J connectivity index is 1.71. The number of hydrogen-bond donors (Lipinski definition) is 1. The molecule has 1 amide bonds. The first-order valence-corrected chi connectivity index (χ1v) is 8.19. The molecule has 0 spiro atoms. The molecule has 132 valence electrons. The van der Waals surface area contributed by atoms with Gasteiger partial charge in [0.1, 0.15) is 5.75 Å². The minimum Gasteiger partial charge on any atom is -0.482 e. The van der Waals surface area contributed by atoms with E-state index in [1.54, 1.807) is 6.07 Å². The van der Waals surface area contributed by atoms with Gasteiger partial charge >= 0.3 is 5.97 Å². The van der Waals surface area contributed by atoms with Crippen LogP contribution in [-0.4, -0.2) is 25.1 Å². The maximum Gasteiger partial charge on any atom is 0.344 e.